The lowest BCUT2D eigenvalue weighted by Crippen LogP contribution is -2.29. The number of aromatic nitrogens is 4. The summed E-state index contributed by atoms with van der Waals surface area (Å²) in [6.45, 7) is 9.80. The van der Waals surface area contributed by atoms with Gasteiger partial charge in [-0.2, -0.15) is 5.10 Å². The van der Waals surface area contributed by atoms with Crippen molar-refractivity contribution in [1.82, 2.24) is 19.3 Å². The number of benzene rings is 1. The number of fused-ring (bicyclic) bond motifs is 1. The quantitative estimate of drug-likeness (QED) is 0.785. The van der Waals surface area contributed by atoms with E-state index in [0.717, 1.165) is 16.8 Å². The molecule has 2 heterocycles. The Kier molecular flexibility index (Phi) is 4.39. The maximum absolute atomic E-state index is 12.7. The van der Waals surface area contributed by atoms with E-state index in [4.69, 9.17) is 0 Å². The van der Waals surface area contributed by atoms with Gasteiger partial charge in [-0.1, -0.05) is 17.7 Å². The highest BCUT2D eigenvalue weighted by Gasteiger charge is 2.20. The fraction of sp³-hybridized carbons (Fsp3) is 0.368. The molecule has 0 bridgehead atoms. The van der Waals surface area contributed by atoms with E-state index in [2.05, 4.69) is 15.4 Å². The van der Waals surface area contributed by atoms with Gasteiger partial charge in [0.25, 0.3) is 5.56 Å². The fourth-order valence-corrected chi connectivity index (χ4v) is 2.85. The number of nitrogens with one attached hydrogen (secondary N) is 1. The summed E-state index contributed by atoms with van der Waals surface area (Å²) in [6.07, 6.45) is 2.91. The summed E-state index contributed by atoms with van der Waals surface area (Å²) in [4.78, 5) is 29.4. The number of hydrogen-bond donors (Lipinski definition) is 1. The van der Waals surface area contributed by atoms with E-state index in [1.807, 2.05) is 52.8 Å². The highest BCUT2D eigenvalue weighted by atomic mass is 16.2. The van der Waals surface area contributed by atoms with Crippen LogP contribution < -0.4 is 10.9 Å². The van der Waals surface area contributed by atoms with Crippen molar-refractivity contribution in [3.63, 3.8) is 0 Å². The fourth-order valence-electron chi connectivity index (χ4n) is 2.85. The molecular weight excluding hydrogens is 330 g/mol. The lowest BCUT2D eigenvalue weighted by molar-refractivity contribution is -0.116. The number of rotatable bonds is 3. The minimum Gasteiger partial charge on any atom is -0.324 e. The molecule has 0 spiro atoms. The van der Waals surface area contributed by atoms with Crippen LogP contribution in [0.1, 0.15) is 31.9 Å². The lowest BCUT2D eigenvalue weighted by Gasteiger charge is -2.19. The van der Waals surface area contributed by atoms with E-state index in [9.17, 15) is 9.59 Å². The highest BCUT2D eigenvalue weighted by Crippen LogP contribution is 2.18. The zero-order valence-electron chi connectivity index (χ0n) is 15.7. The topological polar surface area (TPSA) is 81.8 Å². The van der Waals surface area contributed by atoms with Gasteiger partial charge in [-0.3, -0.25) is 14.2 Å². The zero-order chi connectivity index (χ0) is 19.1. The smallest absolute Gasteiger partial charge is 0.264 e. The Hall–Kier alpha value is -2.96. The first kappa shape index (κ1) is 17.8. The summed E-state index contributed by atoms with van der Waals surface area (Å²) in [7, 11) is 0. The normalized spacial score (nSPS) is 11.7. The van der Waals surface area contributed by atoms with Crippen molar-refractivity contribution in [2.45, 2.75) is 46.7 Å². The average Bonchev–Trinajstić information content (AvgIpc) is 2.98. The SMILES string of the molecule is Cc1ccc(NC(=O)Cn2cnc3c(cnn3C(C)(C)C)c2=O)c(C)c1. The largest absolute Gasteiger partial charge is 0.324 e. The van der Waals surface area contributed by atoms with Gasteiger partial charge in [0.2, 0.25) is 5.91 Å². The van der Waals surface area contributed by atoms with E-state index in [1.54, 1.807) is 4.68 Å². The Morgan fingerprint density at radius 3 is 2.62 bits per heavy atom. The van der Waals surface area contributed by atoms with Gasteiger partial charge in [0.15, 0.2) is 5.65 Å². The van der Waals surface area contributed by atoms with Gasteiger partial charge in [-0.25, -0.2) is 9.67 Å². The van der Waals surface area contributed by atoms with E-state index < -0.39 is 0 Å². The van der Waals surface area contributed by atoms with E-state index in [0.29, 0.717) is 11.0 Å². The molecule has 0 aliphatic rings. The van der Waals surface area contributed by atoms with Gasteiger partial charge >= 0.3 is 0 Å². The third-order valence-electron chi connectivity index (χ3n) is 4.16. The highest BCUT2D eigenvalue weighted by molar-refractivity contribution is 5.91. The van der Waals surface area contributed by atoms with Crippen molar-refractivity contribution in [3.8, 4) is 0 Å². The van der Waals surface area contributed by atoms with E-state index in [-0.39, 0.29) is 23.6 Å². The van der Waals surface area contributed by atoms with Crippen LogP contribution in [0.25, 0.3) is 11.0 Å². The Balaban J connectivity index is 1.86. The molecule has 3 rings (SSSR count). The third-order valence-corrected chi connectivity index (χ3v) is 4.16. The van der Waals surface area contributed by atoms with Crippen LogP contribution in [0.5, 0.6) is 0 Å². The molecule has 2 aromatic heterocycles. The monoisotopic (exact) mass is 353 g/mol. The first-order chi connectivity index (χ1) is 12.2. The van der Waals surface area contributed by atoms with Gasteiger partial charge in [0.1, 0.15) is 18.3 Å². The zero-order valence-corrected chi connectivity index (χ0v) is 15.7. The van der Waals surface area contributed by atoms with Crippen molar-refractivity contribution >= 4 is 22.6 Å². The van der Waals surface area contributed by atoms with Gasteiger partial charge in [0.05, 0.1) is 11.7 Å². The standard InChI is InChI=1S/C19H23N5O2/c1-12-6-7-15(13(2)8-12)22-16(25)10-23-11-20-17-14(18(23)26)9-21-24(17)19(3,4)5/h6-9,11H,10H2,1-5H3,(H,22,25). The Morgan fingerprint density at radius 2 is 1.96 bits per heavy atom. The molecule has 0 unspecified atom stereocenters. The lowest BCUT2D eigenvalue weighted by atomic mass is 10.1. The molecule has 0 saturated heterocycles. The van der Waals surface area contributed by atoms with Crippen molar-refractivity contribution in [1.29, 1.82) is 0 Å². The van der Waals surface area contributed by atoms with Crippen LogP contribution in [0.3, 0.4) is 0 Å². The molecule has 0 atom stereocenters. The maximum atomic E-state index is 12.7. The van der Waals surface area contributed by atoms with Crippen LogP contribution in [-0.2, 0) is 16.9 Å². The molecule has 0 radical (unpaired) electrons. The molecule has 1 N–H and O–H groups in total. The molecule has 0 aliphatic heterocycles. The molecule has 0 fully saturated rings. The minimum atomic E-state index is -0.284. The van der Waals surface area contributed by atoms with Gasteiger partial charge in [-0.15, -0.1) is 0 Å². The van der Waals surface area contributed by atoms with Crippen LogP contribution in [-0.4, -0.2) is 25.2 Å². The first-order valence-corrected chi connectivity index (χ1v) is 8.47. The number of carbonyl (C=O) groups excluding carboxylic acids is 1. The second-order valence-electron chi connectivity index (χ2n) is 7.51. The second kappa shape index (κ2) is 6.40. The van der Waals surface area contributed by atoms with E-state index >= 15 is 0 Å². The van der Waals surface area contributed by atoms with Gasteiger partial charge in [-0.05, 0) is 46.2 Å². The Morgan fingerprint density at radius 1 is 1.23 bits per heavy atom. The minimum absolute atomic E-state index is 0.101. The Labute approximate surface area is 151 Å². The molecule has 1 amide bonds. The number of hydrogen-bond acceptors (Lipinski definition) is 4. The number of amides is 1. The number of nitrogens with zero attached hydrogens (tertiary/aromatic N) is 4. The van der Waals surface area contributed by atoms with Crippen molar-refractivity contribution in [3.05, 3.63) is 52.2 Å². The molecule has 0 saturated carbocycles. The summed E-state index contributed by atoms with van der Waals surface area (Å²) in [5, 5.41) is 7.52. The van der Waals surface area contributed by atoms with Crippen LogP contribution >= 0.6 is 0 Å². The summed E-state index contributed by atoms with van der Waals surface area (Å²) in [5.41, 5.74) is 2.80. The van der Waals surface area contributed by atoms with Crippen LogP contribution in [0.15, 0.2) is 35.5 Å². The third kappa shape index (κ3) is 3.37. The Bertz CT molecular complexity index is 1040. The predicted molar refractivity (Wildman–Crippen MR) is 101 cm³/mol. The van der Waals surface area contributed by atoms with Crippen LogP contribution in [0, 0.1) is 13.8 Å². The van der Waals surface area contributed by atoms with Crippen molar-refractivity contribution in [2.24, 2.45) is 0 Å². The molecule has 3 aromatic rings. The molecule has 0 aliphatic carbocycles. The average molecular weight is 353 g/mol. The van der Waals surface area contributed by atoms with Crippen molar-refractivity contribution < 1.29 is 4.79 Å². The second-order valence-corrected chi connectivity index (χ2v) is 7.51. The number of anilines is 1. The molecule has 26 heavy (non-hydrogen) atoms. The van der Waals surface area contributed by atoms with Gasteiger partial charge in [0, 0.05) is 5.69 Å². The van der Waals surface area contributed by atoms with Gasteiger partial charge < -0.3 is 5.32 Å². The molecule has 7 nitrogen and oxygen atoms in total. The summed E-state index contributed by atoms with van der Waals surface area (Å²) in [6, 6.07) is 5.79. The molecular formula is C19H23N5O2. The maximum Gasteiger partial charge on any atom is 0.264 e. The number of carbonyl (C=O) groups is 1. The molecule has 1 aromatic carbocycles. The number of aryl methyl sites for hydroxylation is 2. The summed E-state index contributed by atoms with van der Waals surface area (Å²) < 4.78 is 3.01. The van der Waals surface area contributed by atoms with Crippen LogP contribution in [0.2, 0.25) is 0 Å². The molecule has 136 valence electrons. The molecule has 7 heteroatoms. The first-order valence-electron chi connectivity index (χ1n) is 8.47. The summed E-state index contributed by atoms with van der Waals surface area (Å²) in [5.74, 6) is -0.275. The van der Waals surface area contributed by atoms with Crippen LogP contribution in [0.4, 0.5) is 5.69 Å². The summed E-state index contributed by atoms with van der Waals surface area (Å²) >= 11 is 0. The predicted octanol–water partition coefficient (Wildman–Crippen LogP) is 2.60. The van der Waals surface area contributed by atoms with Crippen molar-refractivity contribution in [2.75, 3.05) is 5.32 Å². The van der Waals surface area contributed by atoms with E-state index in [1.165, 1.54) is 17.1 Å².